The van der Waals surface area contributed by atoms with Gasteiger partial charge in [-0.2, -0.15) is 0 Å². The van der Waals surface area contributed by atoms with E-state index in [1.165, 1.54) is 4.57 Å². The van der Waals surface area contributed by atoms with Gasteiger partial charge in [0.2, 0.25) is 0 Å². The molecular formula is C16H25N3O5. The molecule has 2 saturated heterocycles. The second-order valence-electron chi connectivity index (χ2n) is 7.80. The Labute approximate surface area is 139 Å². The van der Waals surface area contributed by atoms with Crippen molar-refractivity contribution in [3.05, 3.63) is 31.5 Å². The van der Waals surface area contributed by atoms with Gasteiger partial charge in [-0.3, -0.25) is 0 Å². The van der Waals surface area contributed by atoms with Gasteiger partial charge in [0.05, 0.1) is 38.5 Å². The maximum absolute atomic E-state index is 12.6. The molecule has 2 atom stereocenters. The third-order valence-electron chi connectivity index (χ3n) is 4.27. The summed E-state index contributed by atoms with van der Waals surface area (Å²) in [6.45, 7) is 8.14. The lowest BCUT2D eigenvalue weighted by Crippen LogP contribution is -2.55. The number of ether oxygens (including phenoxy) is 2. The van der Waals surface area contributed by atoms with Crippen LogP contribution in [0.25, 0.3) is 0 Å². The summed E-state index contributed by atoms with van der Waals surface area (Å²) in [6.07, 6.45) is 1.37. The largest absolute Gasteiger partial charge is 0.371 e. The standard InChI is InChI=1S/C16H25N3O5/c1-16(2,3)5-4-6-17-13(20)18(7-11-9-23-11)15(22)19(14(17)21)8-12-10-24-12/h11-12H,4-10H2,1-3H3. The van der Waals surface area contributed by atoms with Crippen molar-refractivity contribution in [3.63, 3.8) is 0 Å². The van der Waals surface area contributed by atoms with Crippen LogP contribution in [-0.2, 0) is 29.1 Å². The third kappa shape index (κ3) is 4.05. The van der Waals surface area contributed by atoms with E-state index in [1.807, 2.05) is 0 Å². The fourth-order valence-electron chi connectivity index (χ4n) is 2.71. The molecule has 0 amide bonds. The molecule has 8 nitrogen and oxygen atoms in total. The van der Waals surface area contributed by atoms with E-state index in [2.05, 4.69) is 20.8 Å². The zero-order valence-electron chi connectivity index (χ0n) is 14.5. The molecule has 2 fully saturated rings. The summed E-state index contributed by atoms with van der Waals surface area (Å²) >= 11 is 0. The molecule has 134 valence electrons. The van der Waals surface area contributed by atoms with Crippen LogP contribution in [0.5, 0.6) is 0 Å². The molecule has 0 aromatic carbocycles. The van der Waals surface area contributed by atoms with E-state index < -0.39 is 17.1 Å². The van der Waals surface area contributed by atoms with Crippen LogP contribution >= 0.6 is 0 Å². The van der Waals surface area contributed by atoms with Gasteiger partial charge in [-0.1, -0.05) is 20.8 Å². The number of rotatable bonds is 7. The van der Waals surface area contributed by atoms with Crippen LogP contribution < -0.4 is 17.1 Å². The maximum atomic E-state index is 12.6. The molecule has 24 heavy (non-hydrogen) atoms. The number of hydrogen-bond acceptors (Lipinski definition) is 5. The van der Waals surface area contributed by atoms with Crippen molar-refractivity contribution in [2.45, 2.75) is 65.5 Å². The molecule has 1 aromatic heterocycles. The molecule has 8 heteroatoms. The van der Waals surface area contributed by atoms with Crippen molar-refractivity contribution >= 4 is 0 Å². The zero-order chi connectivity index (χ0) is 17.5. The third-order valence-corrected chi connectivity index (χ3v) is 4.27. The van der Waals surface area contributed by atoms with E-state index in [9.17, 15) is 14.4 Å². The van der Waals surface area contributed by atoms with Gasteiger partial charge >= 0.3 is 17.1 Å². The fraction of sp³-hybridized carbons (Fsp3) is 0.812. The topological polar surface area (TPSA) is 91.1 Å². The summed E-state index contributed by atoms with van der Waals surface area (Å²) < 4.78 is 13.7. The Morgan fingerprint density at radius 3 is 1.67 bits per heavy atom. The van der Waals surface area contributed by atoms with Gasteiger partial charge in [0.25, 0.3) is 0 Å². The molecule has 2 unspecified atom stereocenters. The Hall–Kier alpha value is -1.67. The predicted octanol–water partition coefficient (Wildman–Crippen LogP) is -0.204. The zero-order valence-corrected chi connectivity index (χ0v) is 14.5. The molecule has 3 rings (SSSR count). The first-order valence-corrected chi connectivity index (χ1v) is 8.44. The van der Waals surface area contributed by atoms with Crippen molar-refractivity contribution < 1.29 is 9.47 Å². The molecular weight excluding hydrogens is 314 g/mol. The van der Waals surface area contributed by atoms with Crippen molar-refractivity contribution in [2.75, 3.05) is 13.2 Å². The minimum atomic E-state index is -0.567. The van der Waals surface area contributed by atoms with E-state index in [1.54, 1.807) is 0 Å². The number of epoxide rings is 2. The summed E-state index contributed by atoms with van der Waals surface area (Å²) in [5.74, 6) is 0. The Morgan fingerprint density at radius 2 is 1.29 bits per heavy atom. The van der Waals surface area contributed by atoms with Gasteiger partial charge in [-0.15, -0.1) is 0 Å². The highest BCUT2D eigenvalue weighted by Crippen LogP contribution is 2.20. The quantitative estimate of drug-likeness (QED) is 0.642. The van der Waals surface area contributed by atoms with Crippen molar-refractivity contribution in [2.24, 2.45) is 5.41 Å². The van der Waals surface area contributed by atoms with Gasteiger partial charge < -0.3 is 9.47 Å². The summed E-state index contributed by atoms with van der Waals surface area (Å²) in [7, 11) is 0. The van der Waals surface area contributed by atoms with Gasteiger partial charge in [0, 0.05) is 6.54 Å². The lowest BCUT2D eigenvalue weighted by atomic mass is 9.91. The maximum Gasteiger partial charge on any atom is 0.336 e. The first kappa shape index (κ1) is 17.2. The monoisotopic (exact) mass is 339 g/mol. The number of aromatic nitrogens is 3. The van der Waals surface area contributed by atoms with E-state index >= 15 is 0 Å². The summed E-state index contributed by atoms with van der Waals surface area (Å²) in [5, 5.41) is 0. The van der Waals surface area contributed by atoms with E-state index in [4.69, 9.17) is 9.47 Å². The smallest absolute Gasteiger partial charge is 0.336 e. The van der Waals surface area contributed by atoms with Crippen LogP contribution in [0.1, 0.15) is 33.6 Å². The van der Waals surface area contributed by atoms with Crippen molar-refractivity contribution in [1.29, 1.82) is 0 Å². The molecule has 2 aliphatic heterocycles. The summed E-state index contributed by atoms with van der Waals surface area (Å²) in [5.41, 5.74) is -1.52. The SMILES string of the molecule is CC(C)(C)CCCn1c(=O)n(CC2CO2)c(=O)n(CC2CO2)c1=O. The summed E-state index contributed by atoms with van der Waals surface area (Å²) in [4.78, 5) is 37.7. The Morgan fingerprint density at radius 1 is 0.875 bits per heavy atom. The van der Waals surface area contributed by atoms with E-state index in [0.717, 1.165) is 15.6 Å². The normalized spacial score (nSPS) is 22.6. The highest BCUT2D eigenvalue weighted by atomic mass is 16.6. The highest BCUT2D eigenvalue weighted by molar-refractivity contribution is 4.84. The van der Waals surface area contributed by atoms with Gasteiger partial charge in [0.15, 0.2) is 0 Å². The molecule has 0 N–H and O–H groups in total. The lowest BCUT2D eigenvalue weighted by molar-refractivity contribution is 0.324. The van der Waals surface area contributed by atoms with Crippen molar-refractivity contribution in [3.8, 4) is 0 Å². The lowest BCUT2D eigenvalue weighted by Gasteiger charge is -2.18. The van der Waals surface area contributed by atoms with E-state index in [-0.39, 0.29) is 30.7 Å². The number of nitrogens with zero attached hydrogens (tertiary/aromatic N) is 3. The Bertz CT molecular complexity index is 723. The van der Waals surface area contributed by atoms with Gasteiger partial charge in [-0.05, 0) is 18.3 Å². The number of hydrogen-bond donors (Lipinski definition) is 0. The Kier molecular flexibility index (Phi) is 4.52. The van der Waals surface area contributed by atoms with Crippen LogP contribution in [0.15, 0.2) is 14.4 Å². The van der Waals surface area contributed by atoms with Crippen LogP contribution in [0.2, 0.25) is 0 Å². The highest BCUT2D eigenvalue weighted by Gasteiger charge is 2.29. The van der Waals surface area contributed by atoms with Crippen LogP contribution in [-0.4, -0.2) is 39.1 Å². The molecule has 3 heterocycles. The van der Waals surface area contributed by atoms with Crippen LogP contribution in [0.3, 0.4) is 0 Å². The van der Waals surface area contributed by atoms with E-state index in [0.29, 0.717) is 26.2 Å². The van der Waals surface area contributed by atoms with Crippen molar-refractivity contribution in [1.82, 2.24) is 13.7 Å². The average molecular weight is 339 g/mol. The fourth-order valence-corrected chi connectivity index (χ4v) is 2.71. The molecule has 0 saturated carbocycles. The van der Waals surface area contributed by atoms with Crippen LogP contribution in [0.4, 0.5) is 0 Å². The molecule has 2 aliphatic rings. The molecule has 1 aromatic rings. The first-order chi connectivity index (χ1) is 11.3. The molecule has 0 bridgehead atoms. The summed E-state index contributed by atoms with van der Waals surface area (Å²) in [6, 6.07) is 0. The first-order valence-electron chi connectivity index (χ1n) is 8.44. The average Bonchev–Trinajstić information content (AvgIpc) is 3.37. The van der Waals surface area contributed by atoms with Gasteiger partial charge in [0.1, 0.15) is 0 Å². The second kappa shape index (κ2) is 6.33. The molecule has 0 aliphatic carbocycles. The Balaban J connectivity index is 1.93. The van der Waals surface area contributed by atoms with Gasteiger partial charge in [-0.25, -0.2) is 28.1 Å². The minimum absolute atomic E-state index is 0.110. The van der Waals surface area contributed by atoms with Crippen LogP contribution in [0, 0.1) is 5.41 Å². The molecule has 0 radical (unpaired) electrons. The minimum Gasteiger partial charge on any atom is -0.371 e. The predicted molar refractivity (Wildman–Crippen MR) is 87.4 cm³/mol. The second-order valence-corrected chi connectivity index (χ2v) is 7.80. The molecule has 0 spiro atoms.